The molecule has 0 fully saturated rings. The summed E-state index contributed by atoms with van der Waals surface area (Å²) in [5, 5.41) is 27.0. The summed E-state index contributed by atoms with van der Waals surface area (Å²) in [5.74, 6) is 0. The fraction of sp³-hybridized carbons (Fsp3) is 0. The molecular formula is C38H20N4S. The monoisotopic (exact) mass is 564 g/mol. The Bertz CT molecular complexity index is 2690. The summed E-state index contributed by atoms with van der Waals surface area (Å²) < 4.78 is 7.00. The maximum absolute atomic E-state index is 10.0. The zero-order chi connectivity index (χ0) is 28.7. The first-order valence-electron chi connectivity index (χ1n) is 14.1. The van der Waals surface area contributed by atoms with E-state index in [2.05, 4.69) is 118 Å². The quantitative estimate of drug-likeness (QED) is 0.210. The van der Waals surface area contributed by atoms with Crippen molar-refractivity contribution < 1.29 is 0 Å². The van der Waals surface area contributed by atoms with E-state index in [9.17, 15) is 10.5 Å². The molecule has 3 aromatic heterocycles. The van der Waals surface area contributed by atoms with Gasteiger partial charge in [0.05, 0.1) is 45.0 Å². The molecule has 0 saturated carbocycles. The van der Waals surface area contributed by atoms with Crippen LogP contribution in [-0.2, 0) is 0 Å². The number of para-hydroxylation sites is 3. The molecule has 0 aliphatic heterocycles. The van der Waals surface area contributed by atoms with Gasteiger partial charge in [-0.2, -0.15) is 10.5 Å². The lowest BCUT2D eigenvalue weighted by atomic mass is 10.1. The minimum Gasteiger partial charge on any atom is -0.309 e. The van der Waals surface area contributed by atoms with Crippen molar-refractivity contribution in [3.63, 3.8) is 0 Å². The molecule has 9 rings (SSSR count). The molecule has 0 radical (unpaired) electrons. The van der Waals surface area contributed by atoms with Crippen molar-refractivity contribution in [1.82, 2.24) is 9.13 Å². The Morgan fingerprint density at radius 1 is 0.488 bits per heavy atom. The first-order valence-corrected chi connectivity index (χ1v) is 14.9. The van der Waals surface area contributed by atoms with Gasteiger partial charge in [0.25, 0.3) is 0 Å². The van der Waals surface area contributed by atoms with Crippen LogP contribution >= 0.6 is 11.3 Å². The van der Waals surface area contributed by atoms with Crippen molar-refractivity contribution in [1.29, 1.82) is 10.5 Å². The molecule has 43 heavy (non-hydrogen) atoms. The van der Waals surface area contributed by atoms with Gasteiger partial charge in [0.2, 0.25) is 0 Å². The number of fused-ring (bicyclic) bond motifs is 11. The predicted octanol–water partition coefficient (Wildman–Crippen LogP) is 9.99. The molecule has 0 aliphatic rings. The smallest absolute Gasteiger partial charge is 0.101 e. The Morgan fingerprint density at radius 3 is 1.70 bits per heavy atom. The van der Waals surface area contributed by atoms with Gasteiger partial charge in [0, 0.05) is 47.4 Å². The molecule has 5 heteroatoms. The predicted molar refractivity (Wildman–Crippen MR) is 177 cm³/mol. The van der Waals surface area contributed by atoms with Crippen LogP contribution in [0.3, 0.4) is 0 Å². The number of thiophene rings is 1. The van der Waals surface area contributed by atoms with Gasteiger partial charge in [-0.25, -0.2) is 0 Å². The third kappa shape index (κ3) is 3.17. The largest absolute Gasteiger partial charge is 0.309 e. The van der Waals surface area contributed by atoms with Crippen LogP contribution in [0.1, 0.15) is 11.1 Å². The van der Waals surface area contributed by atoms with Gasteiger partial charge < -0.3 is 9.13 Å². The van der Waals surface area contributed by atoms with Gasteiger partial charge in [-0.05, 0) is 54.6 Å². The van der Waals surface area contributed by atoms with Crippen LogP contribution in [0.15, 0.2) is 121 Å². The fourth-order valence-electron chi connectivity index (χ4n) is 6.79. The summed E-state index contributed by atoms with van der Waals surface area (Å²) in [6.45, 7) is 0. The highest BCUT2D eigenvalue weighted by atomic mass is 32.1. The summed E-state index contributed by atoms with van der Waals surface area (Å²) >= 11 is 1.84. The maximum Gasteiger partial charge on any atom is 0.101 e. The van der Waals surface area contributed by atoms with Crippen LogP contribution in [0.25, 0.3) is 75.2 Å². The Labute approximate surface area is 250 Å². The Balaban J connectivity index is 1.45. The number of benzene rings is 6. The van der Waals surface area contributed by atoms with E-state index in [0.717, 1.165) is 27.8 Å². The minimum absolute atomic E-state index is 0.528. The van der Waals surface area contributed by atoms with Gasteiger partial charge >= 0.3 is 0 Å². The molecule has 0 unspecified atom stereocenters. The van der Waals surface area contributed by atoms with Gasteiger partial charge in [-0.15, -0.1) is 11.3 Å². The minimum atomic E-state index is 0.528. The SMILES string of the molecule is N#Cc1ccc(C#N)c(-n2c3ccccc3c3c4sc5c(ccc6c5c5ccccc5n6-c5ccccc5)c4ccc32)c1. The number of hydrogen-bond donors (Lipinski definition) is 0. The molecule has 0 saturated heterocycles. The summed E-state index contributed by atoms with van der Waals surface area (Å²) in [4.78, 5) is 0. The first-order chi connectivity index (χ1) is 21.3. The lowest BCUT2D eigenvalue weighted by Gasteiger charge is -2.10. The topological polar surface area (TPSA) is 57.4 Å². The van der Waals surface area contributed by atoms with Gasteiger partial charge in [0.1, 0.15) is 6.07 Å². The van der Waals surface area contributed by atoms with E-state index < -0.39 is 0 Å². The summed E-state index contributed by atoms with van der Waals surface area (Å²) in [6.07, 6.45) is 0. The average Bonchev–Trinajstić information content (AvgIpc) is 3.72. The van der Waals surface area contributed by atoms with Gasteiger partial charge in [-0.1, -0.05) is 66.7 Å². The molecule has 3 heterocycles. The number of hydrogen-bond acceptors (Lipinski definition) is 3. The number of aromatic nitrogens is 2. The van der Waals surface area contributed by atoms with Crippen molar-refractivity contribution >= 4 is 75.1 Å². The van der Waals surface area contributed by atoms with E-state index in [1.165, 1.54) is 47.4 Å². The Hall–Kier alpha value is -5.88. The number of nitriles is 2. The second-order valence-corrected chi connectivity index (χ2v) is 11.8. The molecular weight excluding hydrogens is 545 g/mol. The molecule has 4 nitrogen and oxygen atoms in total. The highest BCUT2D eigenvalue weighted by molar-refractivity contribution is 7.27. The molecule has 6 aromatic carbocycles. The second kappa shape index (κ2) is 8.81. The van der Waals surface area contributed by atoms with E-state index in [4.69, 9.17) is 0 Å². The third-order valence-corrected chi connectivity index (χ3v) is 9.83. The van der Waals surface area contributed by atoms with Crippen LogP contribution in [0.5, 0.6) is 0 Å². The fourth-order valence-corrected chi connectivity index (χ4v) is 8.20. The summed E-state index contributed by atoms with van der Waals surface area (Å²) in [7, 11) is 0. The van der Waals surface area contributed by atoms with Crippen LogP contribution < -0.4 is 0 Å². The molecule has 0 bridgehead atoms. The highest BCUT2D eigenvalue weighted by Gasteiger charge is 2.21. The average molecular weight is 565 g/mol. The summed E-state index contributed by atoms with van der Waals surface area (Å²) in [5.41, 5.74) is 7.35. The van der Waals surface area contributed by atoms with Crippen molar-refractivity contribution in [3.05, 3.63) is 132 Å². The molecule has 0 N–H and O–H groups in total. The van der Waals surface area contributed by atoms with E-state index in [-0.39, 0.29) is 0 Å². The number of nitrogens with zero attached hydrogens (tertiary/aromatic N) is 4. The van der Waals surface area contributed by atoms with Crippen LogP contribution in [0, 0.1) is 22.7 Å². The maximum atomic E-state index is 10.0. The molecule has 0 amide bonds. The van der Waals surface area contributed by atoms with E-state index in [0.29, 0.717) is 11.1 Å². The lowest BCUT2D eigenvalue weighted by molar-refractivity contribution is 1.16. The second-order valence-electron chi connectivity index (χ2n) is 10.8. The van der Waals surface area contributed by atoms with Crippen LogP contribution in [-0.4, -0.2) is 9.13 Å². The highest BCUT2D eigenvalue weighted by Crippen LogP contribution is 2.47. The standard InChI is InChI=1S/C38H20N4S/c39-21-23-14-15-24(22-40)34(20-23)42-31-13-7-5-11-29(31)36-33(42)19-17-27-26-16-18-32-35(37(26)43-38(27)36)28-10-4-6-12-30(28)41(32)25-8-2-1-3-9-25/h1-20H. The summed E-state index contributed by atoms with van der Waals surface area (Å²) in [6, 6.07) is 46.4. The van der Waals surface area contributed by atoms with Crippen molar-refractivity contribution in [2.45, 2.75) is 0 Å². The first kappa shape index (κ1) is 23.8. The molecule has 0 atom stereocenters. The molecule has 198 valence electrons. The molecule has 0 spiro atoms. The Morgan fingerprint density at radius 2 is 1.07 bits per heavy atom. The zero-order valence-corrected chi connectivity index (χ0v) is 23.6. The molecule has 9 aromatic rings. The van der Waals surface area contributed by atoms with Crippen molar-refractivity contribution in [3.8, 4) is 23.5 Å². The molecule has 0 aliphatic carbocycles. The van der Waals surface area contributed by atoms with Crippen molar-refractivity contribution in [2.24, 2.45) is 0 Å². The van der Waals surface area contributed by atoms with E-state index >= 15 is 0 Å². The zero-order valence-electron chi connectivity index (χ0n) is 22.7. The van der Waals surface area contributed by atoms with Gasteiger partial charge in [-0.3, -0.25) is 0 Å². The third-order valence-electron chi connectivity index (χ3n) is 8.58. The van der Waals surface area contributed by atoms with E-state index in [1.807, 2.05) is 23.5 Å². The number of rotatable bonds is 2. The van der Waals surface area contributed by atoms with Gasteiger partial charge in [0.15, 0.2) is 0 Å². The normalized spacial score (nSPS) is 11.7. The lowest BCUT2D eigenvalue weighted by Crippen LogP contribution is -1.98. The van der Waals surface area contributed by atoms with Crippen molar-refractivity contribution in [2.75, 3.05) is 0 Å². The van der Waals surface area contributed by atoms with Crippen LogP contribution in [0.4, 0.5) is 0 Å². The Kier molecular flexibility index (Phi) is 4.87. The van der Waals surface area contributed by atoms with Crippen LogP contribution in [0.2, 0.25) is 0 Å². The van der Waals surface area contributed by atoms with E-state index in [1.54, 1.807) is 12.1 Å².